The van der Waals surface area contributed by atoms with E-state index in [4.69, 9.17) is 4.74 Å². The van der Waals surface area contributed by atoms with Crippen LogP contribution in [0.15, 0.2) is 48.8 Å². The maximum atomic E-state index is 13.0. The molecule has 0 bridgehead atoms. The molecule has 0 spiro atoms. The van der Waals surface area contributed by atoms with Crippen molar-refractivity contribution in [3.63, 3.8) is 0 Å². The van der Waals surface area contributed by atoms with Crippen molar-refractivity contribution in [2.45, 2.75) is 37.2 Å². The van der Waals surface area contributed by atoms with Crippen LogP contribution in [0.2, 0.25) is 0 Å². The average Bonchev–Trinajstić information content (AvgIpc) is 3.30. The van der Waals surface area contributed by atoms with Gasteiger partial charge in [0, 0.05) is 44.6 Å². The number of benzene rings is 1. The van der Waals surface area contributed by atoms with E-state index in [1.165, 1.54) is 4.90 Å². The van der Waals surface area contributed by atoms with Crippen LogP contribution in [0.5, 0.6) is 0 Å². The maximum Gasteiger partial charge on any atom is 0.410 e. The van der Waals surface area contributed by atoms with Crippen molar-refractivity contribution in [2.75, 3.05) is 31.1 Å². The lowest BCUT2D eigenvalue weighted by Gasteiger charge is -2.33. The van der Waals surface area contributed by atoms with E-state index in [-0.39, 0.29) is 19.2 Å². The molecule has 2 fully saturated rings. The number of likely N-dealkylation sites (tertiary alicyclic amines) is 1. The zero-order valence-electron chi connectivity index (χ0n) is 17.3. The Morgan fingerprint density at radius 1 is 1.06 bits per heavy atom. The van der Waals surface area contributed by atoms with Crippen LogP contribution in [0.4, 0.5) is 10.7 Å². The van der Waals surface area contributed by atoms with Gasteiger partial charge in [-0.1, -0.05) is 30.3 Å². The molecule has 0 radical (unpaired) electrons. The highest BCUT2D eigenvalue weighted by Gasteiger charge is 2.37. The van der Waals surface area contributed by atoms with E-state index in [0.717, 1.165) is 24.9 Å². The Labute approximate surface area is 182 Å². The van der Waals surface area contributed by atoms with Gasteiger partial charge in [-0.15, -0.1) is 0 Å². The second-order valence-electron chi connectivity index (χ2n) is 7.89. The number of carbonyl (C=O) groups excluding carboxylic acids is 1. The van der Waals surface area contributed by atoms with Gasteiger partial charge in [0.1, 0.15) is 6.61 Å². The van der Waals surface area contributed by atoms with Crippen LogP contribution in [-0.2, 0) is 21.4 Å². The molecule has 1 aromatic carbocycles. The molecule has 0 saturated carbocycles. The summed E-state index contributed by atoms with van der Waals surface area (Å²) < 4.78 is 34.1. The Morgan fingerprint density at radius 3 is 2.61 bits per heavy atom. The molecule has 3 heterocycles. The number of anilines is 1. The fourth-order valence-corrected chi connectivity index (χ4v) is 5.64. The smallest absolute Gasteiger partial charge is 0.410 e. The van der Waals surface area contributed by atoms with E-state index in [1.807, 2.05) is 35.2 Å². The first-order valence-corrected chi connectivity index (χ1v) is 12.0. The molecule has 2 saturated heterocycles. The number of aromatic nitrogens is 2. The average molecular weight is 446 g/mol. The maximum absolute atomic E-state index is 13.0. The second-order valence-corrected chi connectivity index (χ2v) is 9.89. The fraction of sp³-hybridized carbons (Fsp3) is 0.476. The normalized spacial score (nSPS) is 21.8. The number of carbonyl (C=O) groups is 1. The van der Waals surface area contributed by atoms with Gasteiger partial charge in [0.2, 0.25) is 16.0 Å². The van der Waals surface area contributed by atoms with Gasteiger partial charge in [-0.2, -0.15) is 0 Å². The Kier molecular flexibility index (Phi) is 6.67. The lowest BCUT2D eigenvalue weighted by atomic mass is 10.1. The molecule has 2 atom stereocenters. The van der Waals surface area contributed by atoms with Crippen LogP contribution in [-0.4, -0.2) is 66.8 Å². The van der Waals surface area contributed by atoms with E-state index in [9.17, 15) is 13.2 Å². The van der Waals surface area contributed by atoms with Gasteiger partial charge in [-0.3, -0.25) is 0 Å². The Hall–Kier alpha value is -2.72. The summed E-state index contributed by atoms with van der Waals surface area (Å²) in [6, 6.07) is 11.0. The van der Waals surface area contributed by atoms with E-state index in [2.05, 4.69) is 14.7 Å². The molecule has 1 N–H and O–H groups in total. The first-order valence-electron chi connectivity index (χ1n) is 10.5. The van der Waals surface area contributed by atoms with Crippen LogP contribution in [0.1, 0.15) is 24.8 Å². The summed E-state index contributed by atoms with van der Waals surface area (Å²) in [5, 5.41) is -0.639. The van der Waals surface area contributed by atoms with Crippen LogP contribution < -0.4 is 9.62 Å². The molecule has 9 nitrogen and oxygen atoms in total. The minimum atomic E-state index is -3.57. The molecule has 2 aromatic rings. The molecule has 2 aliphatic heterocycles. The van der Waals surface area contributed by atoms with Gasteiger partial charge in [-0.25, -0.2) is 27.9 Å². The molecule has 2 aliphatic rings. The van der Waals surface area contributed by atoms with Gasteiger partial charge in [-0.05, 0) is 30.9 Å². The number of piperidine rings is 1. The van der Waals surface area contributed by atoms with Crippen molar-refractivity contribution in [3.05, 3.63) is 54.4 Å². The Bertz CT molecular complexity index is 974. The Morgan fingerprint density at radius 2 is 1.84 bits per heavy atom. The van der Waals surface area contributed by atoms with E-state index >= 15 is 0 Å². The SMILES string of the molecule is O=C(OCc1ccccc1)N1CC[C@@H](S(=O)(=O)N[C@@H]2CCCN(c3ncccn3)C2)C1. The first-order chi connectivity index (χ1) is 15.0. The minimum Gasteiger partial charge on any atom is -0.445 e. The molecule has 10 heteroatoms. The lowest BCUT2D eigenvalue weighted by Crippen LogP contribution is -2.50. The van der Waals surface area contributed by atoms with Crippen LogP contribution >= 0.6 is 0 Å². The van der Waals surface area contributed by atoms with Crippen molar-refractivity contribution in [1.82, 2.24) is 19.6 Å². The summed E-state index contributed by atoms with van der Waals surface area (Å²) >= 11 is 0. The van der Waals surface area contributed by atoms with Crippen LogP contribution in [0.25, 0.3) is 0 Å². The lowest BCUT2D eigenvalue weighted by molar-refractivity contribution is 0.104. The van der Waals surface area contributed by atoms with E-state index in [1.54, 1.807) is 18.5 Å². The summed E-state index contributed by atoms with van der Waals surface area (Å²) in [6.45, 7) is 2.01. The molecule has 0 aliphatic carbocycles. The number of rotatable bonds is 6. The third kappa shape index (κ3) is 5.50. The number of nitrogens with one attached hydrogen (secondary N) is 1. The van der Waals surface area contributed by atoms with Gasteiger partial charge in [0.05, 0.1) is 5.25 Å². The molecular weight excluding hydrogens is 418 g/mol. The number of amides is 1. The molecule has 31 heavy (non-hydrogen) atoms. The van der Waals surface area contributed by atoms with Gasteiger partial charge >= 0.3 is 6.09 Å². The zero-order valence-corrected chi connectivity index (χ0v) is 18.1. The van der Waals surface area contributed by atoms with Gasteiger partial charge in [0.15, 0.2) is 0 Å². The summed E-state index contributed by atoms with van der Waals surface area (Å²) in [5.41, 5.74) is 0.894. The van der Waals surface area contributed by atoms with Crippen LogP contribution in [0, 0.1) is 0 Å². The third-order valence-electron chi connectivity index (χ3n) is 5.63. The van der Waals surface area contributed by atoms with Crippen molar-refractivity contribution in [3.8, 4) is 0 Å². The summed E-state index contributed by atoms with van der Waals surface area (Å²) in [7, 11) is -3.57. The van der Waals surface area contributed by atoms with E-state index in [0.29, 0.717) is 25.5 Å². The standard InChI is InChI=1S/C21H27N5O4S/c27-21(30-16-17-6-2-1-3-7-17)26-13-9-19(15-26)31(28,29)24-18-8-4-12-25(14-18)20-22-10-5-11-23-20/h1-3,5-7,10-11,18-19,24H,4,8-9,12-16H2/t18-,19-/m1/s1. The number of hydrogen-bond donors (Lipinski definition) is 1. The fourth-order valence-electron chi connectivity index (χ4n) is 4.00. The van der Waals surface area contributed by atoms with Crippen molar-refractivity contribution >= 4 is 22.1 Å². The monoisotopic (exact) mass is 445 g/mol. The van der Waals surface area contributed by atoms with Gasteiger partial charge < -0.3 is 14.5 Å². The number of ether oxygens (including phenoxy) is 1. The second kappa shape index (κ2) is 9.61. The number of sulfonamides is 1. The molecule has 0 unspecified atom stereocenters. The number of nitrogens with zero attached hydrogens (tertiary/aromatic N) is 4. The van der Waals surface area contributed by atoms with Crippen molar-refractivity contribution in [1.29, 1.82) is 0 Å². The summed E-state index contributed by atoms with van der Waals surface area (Å²) in [4.78, 5) is 24.3. The highest BCUT2D eigenvalue weighted by atomic mass is 32.2. The van der Waals surface area contributed by atoms with E-state index < -0.39 is 21.4 Å². The Balaban J connectivity index is 1.29. The van der Waals surface area contributed by atoms with Crippen molar-refractivity contribution in [2.24, 2.45) is 0 Å². The molecule has 1 amide bonds. The predicted molar refractivity (Wildman–Crippen MR) is 116 cm³/mol. The molecular formula is C21H27N5O4S. The zero-order chi connectivity index (χ0) is 21.7. The third-order valence-corrected chi connectivity index (χ3v) is 7.56. The van der Waals surface area contributed by atoms with Crippen LogP contribution in [0.3, 0.4) is 0 Å². The first kappa shape index (κ1) is 21.5. The summed E-state index contributed by atoms with van der Waals surface area (Å²) in [5.74, 6) is 0.611. The molecule has 4 rings (SSSR count). The quantitative estimate of drug-likeness (QED) is 0.723. The minimum absolute atomic E-state index is 0.140. The highest BCUT2D eigenvalue weighted by Crippen LogP contribution is 2.21. The highest BCUT2D eigenvalue weighted by molar-refractivity contribution is 7.90. The number of hydrogen-bond acceptors (Lipinski definition) is 7. The van der Waals surface area contributed by atoms with Crippen molar-refractivity contribution < 1.29 is 17.9 Å². The summed E-state index contributed by atoms with van der Waals surface area (Å²) in [6.07, 6.45) is 4.90. The molecule has 166 valence electrons. The van der Waals surface area contributed by atoms with Gasteiger partial charge in [0.25, 0.3) is 0 Å². The molecule has 1 aromatic heterocycles. The predicted octanol–water partition coefficient (Wildman–Crippen LogP) is 1.78. The largest absolute Gasteiger partial charge is 0.445 e. The topological polar surface area (TPSA) is 105 Å².